The van der Waals surface area contributed by atoms with E-state index in [1.54, 1.807) is 0 Å². The standard InChI is InChI=1S/C49H31N5.Pt/c1-31-26-27-50-46(28-31)54-44-29-33(32-12-4-2-5-13-32)22-24-38(44)39-25-23-34(30-45(39)54)36-17-11-21-43-48(36)52-49(53(43)35-14-6-3-7-15-35)41-19-10-18-40-37-16-8-9-20-42(37)51-47(40)41;/h2-29H,1H3;/q-2;+2. The van der Waals surface area contributed by atoms with Gasteiger partial charge in [0, 0.05) is 23.0 Å². The van der Waals surface area contributed by atoms with Crippen molar-refractivity contribution in [3.8, 4) is 45.1 Å². The largest absolute Gasteiger partial charge is 2.00 e. The van der Waals surface area contributed by atoms with Crippen molar-refractivity contribution in [2.24, 2.45) is 0 Å². The van der Waals surface area contributed by atoms with Crippen molar-refractivity contribution >= 4 is 54.6 Å². The van der Waals surface area contributed by atoms with Crippen molar-refractivity contribution in [1.29, 1.82) is 0 Å². The first-order valence-electron chi connectivity index (χ1n) is 18.2. The summed E-state index contributed by atoms with van der Waals surface area (Å²) >= 11 is 0. The molecule has 0 fully saturated rings. The number of imidazole rings is 1. The van der Waals surface area contributed by atoms with Crippen LogP contribution in [0.1, 0.15) is 5.56 Å². The number of rotatable bonds is 5. The molecule has 0 N–H and O–H groups in total. The summed E-state index contributed by atoms with van der Waals surface area (Å²) < 4.78 is 4.53. The Morgan fingerprint density at radius 2 is 1.31 bits per heavy atom. The first-order valence-corrected chi connectivity index (χ1v) is 18.2. The summed E-state index contributed by atoms with van der Waals surface area (Å²) in [5, 5.41) is 4.56. The van der Waals surface area contributed by atoms with Crippen LogP contribution >= 0.6 is 0 Å². The quantitative estimate of drug-likeness (QED) is 0.162. The summed E-state index contributed by atoms with van der Waals surface area (Å²) in [6.45, 7) is 2.11. The molecular weight excluding hydrogens is 854 g/mol. The van der Waals surface area contributed by atoms with E-state index in [1.807, 2.05) is 18.3 Å². The van der Waals surface area contributed by atoms with Crippen LogP contribution < -0.4 is 4.98 Å². The number of nitrogens with zero attached hydrogens (tertiary/aromatic N) is 5. The Morgan fingerprint density at radius 3 is 2.16 bits per heavy atom. The zero-order valence-corrected chi connectivity index (χ0v) is 32.0. The third-order valence-electron chi connectivity index (χ3n) is 10.6. The summed E-state index contributed by atoms with van der Waals surface area (Å²) in [5.41, 5.74) is 13.4. The summed E-state index contributed by atoms with van der Waals surface area (Å²) in [6.07, 6.45) is 1.89. The van der Waals surface area contributed by atoms with Crippen molar-refractivity contribution in [1.82, 2.24) is 24.1 Å². The Bertz CT molecular complexity index is 3230. The van der Waals surface area contributed by atoms with E-state index in [0.29, 0.717) is 0 Å². The Hall–Kier alpha value is -6.55. The van der Waals surface area contributed by atoms with Crippen LogP contribution in [-0.4, -0.2) is 19.1 Å². The molecule has 0 aliphatic heterocycles. The van der Waals surface area contributed by atoms with Crippen LogP contribution in [-0.2, 0) is 21.1 Å². The minimum absolute atomic E-state index is 0. The molecule has 0 unspecified atom stereocenters. The van der Waals surface area contributed by atoms with Gasteiger partial charge in [0.15, 0.2) is 0 Å². The number of fused-ring (bicyclic) bond motifs is 7. The normalized spacial score (nSPS) is 11.6. The van der Waals surface area contributed by atoms with Crippen molar-refractivity contribution in [2.45, 2.75) is 6.92 Å². The fraction of sp³-hybridized carbons (Fsp3) is 0.0204. The molecule has 4 aromatic heterocycles. The van der Waals surface area contributed by atoms with Gasteiger partial charge in [-0.2, -0.15) is 0 Å². The summed E-state index contributed by atoms with van der Waals surface area (Å²) in [5.74, 6) is 1.72. The number of aryl methyl sites for hydroxylation is 1. The maximum absolute atomic E-state index is 5.50. The number of benzene rings is 7. The number of hydrogen-bond donors (Lipinski definition) is 0. The molecule has 0 amide bonds. The summed E-state index contributed by atoms with van der Waals surface area (Å²) in [4.78, 5) is 15.5. The van der Waals surface area contributed by atoms with Gasteiger partial charge in [-0.15, -0.1) is 34.8 Å². The van der Waals surface area contributed by atoms with Crippen LogP contribution in [0.4, 0.5) is 0 Å². The first kappa shape index (κ1) is 33.0. The van der Waals surface area contributed by atoms with Crippen LogP contribution in [0.15, 0.2) is 170 Å². The SMILES string of the molecule is Cc1ccnc(-n2c3[c-]c(-c4cccc5c4nc(-c4cccc6c4[n-]c4ccccc46)n5-c4ccccc4)ccc3c3ccc(-c4ccccc4)cc32)c1.[Pt+2]. The van der Waals surface area contributed by atoms with Gasteiger partial charge >= 0.3 is 21.1 Å². The molecule has 0 saturated heterocycles. The van der Waals surface area contributed by atoms with Crippen LogP contribution in [0.25, 0.3) is 99.8 Å². The molecule has 0 aliphatic rings. The average molecular weight is 885 g/mol. The number of para-hydroxylation sites is 4. The van der Waals surface area contributed by atoms with E-state index in [2.05, 4.69) is 174 Å². The molecule has 5 nitrogen and oxygen atoms in total. The van der Waals surface area contributed by atoms with Gasteiger partial charge in [-0.25, -0.2) is 9.97 Å². The Kier molecular flexibility index (Phi) is 7.86. The first-order chi connectivity index (χ1) is 26.7. The molecule has 4 heterocycles. The van der Waals surface area contributed by atoms with E-state index in [4.69, 9.17) is 15.0 Å². The maximum atomic E-state index is 5.50. The van der Waals surface area contributed by atoms with Gasteiger partial charge in [0.2, 0.25) is 0 Å². The van der Waals surface area contributed by atoms with Crippen molar-refractivity contribution < 1.29 is 21.1 Å². The number of hydrogen-bond acceptors (Lipinski definition) is 2. The van der Waals surface area contributed by atoms with Gasteiger partial charge < -0.3 is 9.55 Å². The molecule has 7 aromatic carbocycles. The Morgan fingerprint density at radius 1 is 0.564 bits per heavy atom. The van der Waals surface area contributed by atoms with Gasteiger partial charge in [0.05, 0.1) is 11.0 Å². The molecule has 11 rings (SSSR count). The van der Waals surface area contributed by atoms with Gasteiger partial charge in [-0.05, 0) is 81.7 Å². The van der Waals surface area contributed by atoms with Gasteiger partial charge in [0.1, 0.15) is 11.6 Å². The second-order valence-electron chi connectivity index (χ2n) is 13.9. The predicted molar refractivity (Wildman–Crippen MR) is 221 cm³/mol. The molecule has 0 saturated carbocycles. The fourth-order valence-corrected chi connectivity index (χ4v) is 8.11. The topological polar surface area (TPSA) is 49.7 Å². The van der Waals surface area contributed by atoms with Crippen LogP contribution in [0.5, 0.6) is 0 Å². The fourth-order valence-electron chi connectivity index (χ4n) is 8.11. The van der Waals surface area contributed by atoms with E-state index in [-0.39, 0.29) is 21.1 Å². The van der Waals surface area contributed by atoms with Gasteiger partial charge in [-0.1, -0.05) is 126 Å². The molecule has 11 aromatic rings. The zero-order chi connectivity index (χ0) is 35.8. The van der Waals surface area contributed by atoms with Crippen molar-refractivity contribution in [3.63, 3.8) is 0 Å². The van der Waals surface area contributed by atoms with Gasteiger partial charge in [-0.3, -0.25) is 4.57 Å². The second kappa shape index (κ2) is 13.1. The average Bonchev–Trinajstić information content (AvgIpc) is 3.91. The molecule has 0 radical (unpaired) electrons. The number of aromatic nitrogens is 5. The van der Waals surface area contributed by atoms with Crippen molar-refractivity contribution in [3.05, 3.63) is 182 Å². The summed E-state index contributed by atoms with van der Waals surface area (Å²) in [7, 11) is 0. The molecular formula is C49H31N5Pt. The van der Waals surface area contributed by atoms with Crippen LogP contribution in [0, 0.1) is 13.0 Å². The van der Waals surface area contributed by atoms with E-state index >= 15 is 0 Å². The molecule has 0 atom stereocenters. The zero-order valence-electron chi connectivity index (χ0n) is 29.7. The minimum Gasteiger partial charge on any atom is -0.656 e. The van der Waals surface area contributed by atoms with E-state index < -0.39 is 0 Å². The molecule has 0 spiro atoms. The van der Waals surface area contributed by atoms with E-state index in [9.17, 15) is 0 Å². The third kappa shape index (κ3) is 5.26. The molecule has 262 valence electrons. The molecule has 6 heteroatoms. The van der Waals surface area contributed by atoms with Crippen LogP contribution in [0.2, 0.25) is 0 Å². The smallest absolute Gasteiger partial charge is 0.656 e. The molecule has 0 bridgehead atoms. The minimum atomic E-state index is 0. The van der Waals surface area contributed by atoms with Crippen molar-refractivity contribution in [2.75, 3.05) is 0 Å². The summed E-state index contributed by atoms with van der Waals surface area (Å²) in [6, 6.07) is 61.4. The van der Waals surface area contributed by atoms with Gasteiger partial charge in [0.25, 0.3) is 0 Å². The third-order valence-corrected chi connectivity index (χ3v) is 10.6. The second-order valence-corrected chi connectivity index (χ2v) is 13.9. The van der Waals surface area contributed by atoms with Crippen LogP contribution in [0.3, 0.4) is 0 Å². The number of pyridine rings is 1. The molecule has 55 heavy (non-hydrogen) atoms. The van der Waals surface area contributed by atoms with E-state index in [1.165, 1.54) is 5.56 Å². The predicted octanol–water partition coefficient (Wildman–Crippen LogP) is 11.9. The van der Waals surface area contributed by atoms with E-state index in [0.717, 1.165) is 99.8 Å². The Labute approximate surface area is 331 Å². The Balaban J connectivity index is 0.00000372. The molecule has 0 aliphatic carbocycles. The maximum Gasteiger partial charge on any atom is 2.00 e. The monoisotopic (exact) mass is 884 g/mol.